The van der Waals surface area contributed by atoms with Crippen molar-refractivity contribution in [2.75, 3.05) is 9.80 Å². The zero-order valence-electron chi connectivity index (χ0n) is 35.0. The first-order valence-electron chi connectivity index (χ1n) is 21.3. The maximum atomic E-state index is 2.53. The summed E-state index contributed by atoms with van der Waals surface area (Å²) in [5, 5.41) is 2.61. The van der Waals surface area contributed by atoms with Crippen molar-refractivity contribution in [2.24, 2.45) is 0 Å². The van der Waals surface area contributed by atoms with Gasteiger partial charge in [-0.1, -0.05) is 133 Å². The Morgan fingerprint density at radius 2 is 0.883 bits per heavy atom. The van der Waals surface area contributed by atoms with E-state index in [2.05, 4.69) is 221 Å². The van der Waals surface area contributed by atoms with E-state index in [9.17, 15) is 0 Å². The minimum atomic E-state index is -0.302. The summed E-state index contributed by atoms with van der Waals surface area (Å²) in [5.41, 5.74) is 20.2. The molecule has 0 saturated heterocycles. The van der Waals surface area contributed by atoms with Gasteiger partial charge in [-0.3, -0.25) is 0 Å². The van der Waals surface area contributed by atoms with Crippen LogP contribution < -0.4 is 9.80 Å². The van der Waals surface area contributed by atoms with Crippen molar-refractivity contribution < 1.29 is 0 Å². The summed E-state index contributed by atoms with van der Waals surface area (Å²) >= 11 is 1.87. The summed E-state index contributed by atoms with van der Waals surface area (Å²) in [4.78, 5) is 5.02. The summed E-state index contributed by atoms with van der Waals surface area (Å²) in [6.07, 6.45) is 0. The molecule has 0 unspecified atom stereocenters. The normalized spacial score (nSPS) is 15.9. The molecule has 3 heteroatoms. The molecule has 0 spiro atoms. The molecular weight excluding hydrogens is 745 g/mol. The molecule has 0 amide bonds. The highest BCUT2D eigenvalue weighted by atomic mass is 32.1. The van der Waals surface area contributed by atoms with Crippen molar-refractivity contribution in [1.82, 2.24) is 0 Å². The molecule has 60 heavy (non-hydrogen) atoms. The van der Waals surface area contributed by atoms with Gasteiger partial charge in [0, 0.05) is 59.2 Å². The molecule has 2 heterocycles. The predicted octanol–water partition coefficient (Wildman–Crippen LogP) is 16.2. The Bertz CT molecular complexity index is 3250. The number of rotatable bonds is 4. The molecule has 12 rings (SSSR count). The third kappa shape index (κ3) is 4.81. The Morgan fingerprint density at radius 3 is 1.63 bits per heavy atom. The van der Waals surface area contributed by atoms with Gasteiger partial charge in [-0.05, 0) is 134 Å². The molecule has 1 aliphatic heterocycles. The van der Waals surface area contributed by atoms with Gasteiger partial charge >= 0.3 is 0 Å². The average molecular weight is 791 g/mol. The van der Waals surface area contributed by atoms with Crippen molar-refractivity contribution >= 4 is 65.6 Å². The van der Waals surface area contributed by atoms with Gasteiger partial charge in [-0.25, -0.2) is 0 Å². The van der Waals surface area contributed by atoms with E-state index in [1.54, 1.807) is 0 Å². The number of fused-ring (bicyclic) bond motifs is 11. The molecular formula is C57H46N2S. The zero-order chi connectivity index (χ0) is 40.7. The number of nitrogens with zero attached hydrogens (tertiary/aromatic N) is 2. The Hall–Kier alpha value is -6.42. The van der Waals surface area contributed by atoms with Crippen LogP contribution in [0.25, 0.3) is 42.4 Å². The van der Waals surface area contributed by atoms with E-state index >= 15 is 0 Å². The van der Waals surface area contributed by atoms with Gasteiger partial charge < -0.3 is 9.80 Å². The fourth-order valence-corrected chi connectivity index (χ4v) is 12.1. The van der Waals surface area contributed by atoms with Crippen molar-refractivity contribution in [2.45, 2.75) is 57.8 Å². The SMILES string of the molecule is CC1(C)c2ccccc2-c2ccc(N(c3ccc4c(c3)C(C)(C)c3cc5c(cc3N4c3ccccc3)C(C)(C)c3ccccc3-5)c3ccc4sc5ccccc5c4c3)cc21. The lowest BCUT2D eigenvalue weighted by atomic mass is 9.71. The van der Waals surface area contributed by atoms with Crippen LogP contribution in [0.15, 0.2) is 170 Å². The summed E-state index contributed by atoms with van der Waals surface area (Å²) in [6.45, 7) is 14.4. The number of hydrogen-bond donors (Lipinski definition) is 0. The lowest BCUT2D eigenvalue weighted by Gasteiger charge is -2.43. The quantitative estimate of drug-likeness (QED) is 0.175. The predicted molar refractivity (Wildman–Crippen MR) is 256 cm³/mol. The lowest BCUT2D eigenvalue weighted by molar-refractivity contribution is 0.627. The fraction of sp³-hybridized carbons (Fsp3) is 0.158. The molecule has 1 aromatic heterocycles. The number of thiophene rings is 1. The maximum absolute atomic E-state index is 2.53. The minimum absolute atomic E-state index is 0.0984. The van der Waals surface area contributed by atoms with Crippen LogP contribution in [0, 0.1) is 0 Å². The second-order valence-corrected chi connectivity index (χ2v) is 19.7. The third-order valence-corrected chi connectivity index (χ3v) is 15.4. The van der Waals surface area contributed by atoms with Gasteiger partial charge in [0.2, 0.25) is 0 Å². The average Bonchev–Trinajstić information content (AvgIpc) is 3.83. The molecule has 2 aliphatic carbocycles. The van der Waals surface area contributed by atoms with E-state index in [0.29, 0.717) is 0 Å². The molecule has 9 aromatic rings. The highest BCUT2D eigenvalue weighted by Gasteiger charge is 2.43. The molecule has 0 N–H and O–H groups in total. The second kappa shape index (κ2) is 12.3. The van der Waals surface area contributed by atoms with Crippen LogP contribution in [0.5, 0.6) is 0 Å². The van der Waals surface area contributed by atoms with Crippen LogP contribution in [0.1, 0.15) is 74.9 Å². The van der Waals surface area contributed by atoms with Gasteiger partial charge in [0.15, 0.2) is 0 Å². The number of anilines is 6. The summed E-state index contributed by atoms with van der Waals surface area (Å²) in [6, 6.07) is 64.2. The highest BCUT2D eigenvalue weighted by molar-refractivity contribution is 7.25. The maximum Gasteiger partial charge on any atom is 0.0506 e. The van der Waals surface area contributed by atoms with Crippen LogP contribution in [0.4, 0.5) is 34.1 Å². The Kier molecular flexibility index (Phi) is 7.29. The minimum Gasteiger partial charge on any atom is -0.310 e. The zero-order valence-corrected chi connectivity index (χ0v) is 35.8. The van der Waals surface area contributed by atoms with Crippen LogP contribution in [0.2, 0.25) is 0 Å². The standard InChI is InChI=1S/C57H46N2S/c1-55(2)45-21-13-10-18-39(45)41-27-24-37(31-47(41)55)58(36-26-29-54-44(30-36)42-20-12-15-23-53(42)60-54)38-25-28-51-49(32-38)57(5,6)50-33-43-40-19-11-14-22-46(40)56(3,4)48(43)34-52(50)59(51)35-16-8-7-9-17-35/h7-34H,1-6H3. The summed E-state index contributed by atoms with van der Waals surface area (Å²) < 4.78 is 2.63. The first-order valence-corrected chi connectivity index (χ1v) is 22.1. The third-order valence-electron chi connectivity index (χ3n) is 14.2. The van der Waals surface area contributed by atoms with E-state index in [1.807, 2.05) is 11.3 Å². The number of hydrogen-bond acceptors (Lipinski definition) is 3. The molecule has 2 nitrogen and oxygen atoms in total. The van der Waals surface area contributed by atoms with Crippen molar-refractivity contribution in [3.8, 4) is 22.3 Å². The van der Waals surface area contributed by atoms with Crippen molar-refractivity contribution in [3.63, 3.8) is 0 Å². The first-order chi connectivity index (χ1) is 29.0. The lowest BCUT2D eigenvalue weighted by Crippen LogP contribution is -2.31. The van der Waals surface area contributed by atoms with Gasteiger partial charge in [-0.2, -0.15) is 0 Å². The Balaban J connectivity index is 1.09. The van der Waals surface area contributed by atoms with Gasteiger partial charge in [0.05, 0.1) is 11.4 Å². The molecule has 0 bridgehead atoms. The fourth-order valence-electron chi connectivity index (χ4n) is 11.0. The molecule has 0 radical (unpaired) electrons. The van der Waals surface area contributed by atoms with Crippen LogP contribution in [0.3, 0.4) is 0 Å². The summed E-state index contributed by atoms with van der Waals surface area (Å²) in [5.74, 6) is 0. The van der Waals surface area contributed by atoms with Crippen LogP contribution in [-0.2, 0) is 16.2 Å². The summed E-state index contributed by atoms with van der Waals surface area (Å²) in [7, 11) is 0. The van der Waals surface area contributed by atoms with E-state index in [0.717, 1.165) is 11.4 Å². The van der Waals surface area contributed by atoms with Crippen LogP contribution >= 0.6 is 11.3 Å². The van der Waals surface area contributed by atoms with Crippen molar-refractivity contribution in [3.05, 3.63) is 203 Å². The van der Waals surface area contributed by atoms with Gasteiger partial charge in [-0.15, -0.1) is 11.3 Å². The monoisotopic (exact) mass is 790 g/mol. The topological polar surface area (TPSA) is 6.48 Å². The Labute approximate surface area is 357 Å². The largest absolute Gasteiger partial charge is 0.310 e. The number of benzene rings is 8. The molecule has 0 atom stereocenters. The first kappa shape index (κ1) is 35.5. The molecule has 3 aliphatic rings. The van der Waals surface area contributed by atoms with E-state index < -0.39 is 0 Å². The van der Waals surface area contributed by atoms with Gasteiger partial charge in [0.25, 0.3) is 0 Å². The number of para-hydroxylation sites is 1. The Morgan fingerprint density at radius 1 is 0.367 bits per heavy atom. The van der Waals surface area contributed by atoms with Gasteiger partial charge in [0.1, 0.15) is 0 Å². The smallest absolute Gasteiger partial charge is 0.0506 e. The van der Waals surface area contributed by atoms with E-state index in [4.69, 9.17) is 0 Å². The molecule has 0 saturated carbocycles. The molecule has 0 fully saturated rings. The van der Waals surface area contributed by atoms with E-state index in [1.165, 1.54) is 98.6 Å². The highest BCUT2D eigenvalue weighted by Crippen LogP contribution is 2.59. The van der Waals surface area contributed by atoms with Crippen molar-refractivity contribution in [1.29, 1.82) is 0 Å². The molecule has 8 aromatic carbocycles. The van der Waals surface area contributed by atoms with E-state index in [-0.39, 0.29) is 16.2 Å². The second-order valence-electron chi connectivity index (χ2n) is 18.6. The molecule has 290 valence electrons. The van der Waals surface area contributed by atoms with Crippen LogP contribution in [-0.4, -0.2) is 0 Å².